The maximum absolute atomic E-state index is 8.68. The van der Waals surface area contributed by atoms with Crippen molar-refractivity contribution in [3.8, 4) is 0 Å². The Morgan fingerprint density at radius 1 is 1.27 bits per heavy atom. The van der Waals surface area contributed by atoms with Crippen molar-refractivity contribution >= 4 is 0 Å². The summed E-state index contributed by atoms with van der Waals surface area (Å²) in [5, 5.41) is 11.9. The average Bonchev–Trinajstić information content (AvgIpc) is 1.97. The van der Waals surface area contributed by atoms with Gasteiger partial charge in [0.1, 0.15) is 0 Å². The molecule has 11 heavy (non-hydrogen) atoms. The monoisotopic (exact) mass is 159 g/mol. The van der Waals surface area contributed by atoms with Gasteiger partial charge in [-0.3, -0.25) is 0 Å². The molecule has 0 aromatic carbocycles. The highest BCUT2D eigenvalue weighted by molar-refractivity contribution is 4.58. The third-order valence-electron chi connectivity index (χ3n) is 1.72. The predicted molar refractivity (Wildman–Crippen MR) is 48.6 cm³/mol. The van der Waals surface area contributed by atoms with Gasteiger partial charge in [0.2, 0.25) is 0 Å². The highest BCUT2D eigenvalue weighted by Crippen LogP contribution is 2.01. The Morgan fingerprint density at radius 3 is 2.36 bits per heavy atom. The molecule has 2 N–H and O–H groups in total. The van der Waals surface area contributed by atoms with Crippen molar-refractivity contribution in [3.63, 3.8) is 0 Å². The first-order chi connectivity index (χ1) is 5.16. The van der Waals surface area contributed by atoms with Crippen LogP contribution in [0.1, 0.15) is 33.6 Å². The molecule has 0 aliphatic rings. The van der Waals surface area contributed by atoms with E-state index in [-0.39, 0.29) is 12.6 Å². The second kappa shape index (κ2) is 6.62. The van der Waals surface area contributed by atoms with Crippen LogP contribution in [-0.4, -0.2) is 24.3 Å². The molecule has 2 nitrogen and oxygen atoms in total. The molecule has 0 saturated carbocycles. The Balaban J connectivity index is 3.01. The summed E-state index contributed by atoms with van der Waals surface area (Å²) >= 11 is 0. The van der Waals surface area contributed by atoms with Gasteiger partial charge in [0.05, 0.1) is 6.61 Å². The van der Waals surface area contributed by atoms with Crippen molar-refractivity contribution in [2.75, 3.05) is 13.2 Å². The highest BCUT2D eigenvalue weighted by atomic mass is 16.3. The summed E-state index contributed by atoms with van der Waals surface area (Å²) in [7, 11) is 0. The molecular weight excluding hydrogens is 138 g/mol. The van der Waals surface area contributed by atoms with E-state index in [0.29, 0.717) is 0 Å². The zero-order valence-electron chi connectivity index (χ0n) is 7.93. The van der Waals surface area contributed by atoms with Crippen molar-refractivity contribution in [1.29, 1.82) is 0 Å². The van der Waals surface area contributed by atoms with Crippen molar-refractivity contribution in [3.05, 3.63) is 0 Å². The minimum Gasteiger partial charge on any atom is -0.395 e. The van der Waals surface area contributed by atoms with Crippen molar-refractivity contribution in [1.82, 2.24) is 5.32 Å². The Bertz CT molecular complexity index is 83.6. The molecule has 0 amide bonds. The molecule has 0 saturated heterocycles. The van der Waals surface area contributed by atoms with Crippen LogP contribution in [0.15, 0.2) is 0 Å². The molecule has 0 fully saturated rings. The maximum atomic E-state index is 8.68. The van der Waals surface area contributed by atoms with Crippen molar-refractivity contribution in [2.24, 2.45) is 5.92 Å². The second-order valence-corrected chi connectivity index (χ2v) is 3.57. The maximum Gasteiger partial charge on any atom is 0.0581 e. The van der Waals surface area contributed by atoms with Crippen LogP contribution in [0.4, 0.5) is 0 Å². The van der Waals surface area contributed by atoms with Crippen LogP contribution in [0.3, 0.4) is 0 Å². The van der Waals surface area contributed by atoms with Crippen LogP contribution in [0, 0.1) is 5.92 Å². The Kier molecular flexibility index (Phi) is 6.57. The number of hydrogen-bond acceptors (Lipinski definition) is 2. The summed E-state index contributed by atoms with van der Waals surface area (Å²) in [6.07, 6.45) is 2.48. The summed E-state index contributed by atoms with van der Waals surface area (Å²) in [5.41, 5.74) is 0. The Morgan fingerprint density at radius 2 is 1.91 bits per heavy atom. The topological polar surface area (TPSA) is 32.3 Å². The van der Waals surface area contributed by atoms with Gasteiger partial charge in [0.25, 0.3) is 0 Å². The summed E-state index contributed by atoms with van der Waals surface area (Å²) in [5.74, 6) is 0.793. The summed E-state index contributed by atoms with van der Waals surface area (Å²) in [6.45, 7) is 7.72. The standard InChI is InChI=1S/C9H21NO/c1-8(2)5-4-6-10-9(3)7-11/h8-11H,4-7H2,1-3H3. The van der Waals surface area contributed by atoms with E-state index < -0.39 is 0 Å². The second-order valence-electron chi connectivity index (χ2n) is 3.57. The molecule has 0 bridgehead atoms. The van der Waals surface area contributed by atoms with Gasteiger partial charge in [-0.2, -0.15) is 0 Å². The van der Waals surface area contributed by atoms with Crippen LogP contribution >= 0.6 is 0 Å². The lowest BCUT2D eigenvalue weighted by Gasteiger charge is -2.10. The van der Waals surface area contributed by atoms with Crippen LogP contribution in [0.5, 0.6) is 0 Å². The highest BCUT2D eigenvalue weighted by Gasteiger charge is 1.97. The van der Waals surface area contributed by atoms with E-state index in [9.17, 15) is 0 Å². The SMILES string of the molecule is CC(C)CCCNC(C)CO. The Hall–Kier alpha value is -0.0800. The number of aliphatic hydroxyl groups is 1. The summed E-state index contributed by atoms with van der Waals surface area (Å²) in [6, 6.07) is 0.252. The Labute approximate surface area is 70.0 Å². The van der Waals surface area contributed by atoms with E-state index in [1.807, 2.05) is 6.92 Å². The first kappa shape index (κ1) is 10.9. The van der Waals surface area contributed by atoms with Crippen LogP contribution in [0.2, 0.25) is 0 Å². The third-order valence-corrected chi connectivity index (χ3v) is 1.72. The first-order valence-corrected chi connectivity index (χ1v) is 4.51. The molecule has 0 rings (SSSR count). The van der Waals surface area contributed by atoms with Gasteiger partial charge in [-0.25, -0.2) is 0 Å². The van der Waals surface area contributed by atoms with E-state index in [0.717, 1.165) is 12.5 Å². The van der Waals surface area contributed by atoms with E-state index in [1.54, 1.807) is 0 Å². The van der Waals surface area contributed by atoms with Crippen molar-refractivity contribution in [2.45, 2.75) is 39.7 Å². The van der Waals surface area contributed by atoms with Crippen LogP contribution in [0.25, 0.3) is 0 Å². The normalized spacial score (nSPS) is 13.9. The predicted octanol–water partition coefficient (Wildman–Crippen LogP) is 1.39. The summed E-state index contributed by atoms with van der Waals surface area (Å²) < 4.78 is 0. The molecular formula is C9H21NO. The molecule has 1 atom stereocenters. The number of nitrogens with one attached hydrogen (secondary N) is 1. The lowest BCUT2D eigenvalue weighted by molar-refractivity contribution is 0.251. The van der Waals surface area contributed by atoms with E-state index in [1.165, 1.54) is 12.8 Å². The fraction of sp³-hybridized carbons (Fsp3) is 1.00. The molecule has 0 spiro atoms. The molecule has 0 aliphatic heterocycles. The number of hydrogen-bond donors (Lipinski definition) is 2. The van der Waals surface area contributed by atoms with E-state index in [4.69, 9.17) is 5.11 Å². The molecule has 2 heteroatoms. The molecule has 0 heterocycles. The summed E-state index contributed by atoms with van der Waals surface area (Å²) in [4.78, 5) is 0. The zero-order chi connectivity index (χ0) is 8.69. The van der Waals surface area contributed by atoms with E-state index in [2.05, 4.69) is 19.2 Å². The van der Waals surface area contributed by atoms with Gasteiger partial charge in [-0.1, -0.05) is 13.8 Å². The van der Waals surface area contributed by atoms with Gasteiger partial charge in [-0.05, 0) is 32.2 Å². The quantitative estimate of drug-likeness (QED) is 0.574. The van der Waals surface area contributed by atoms with Gasteiger partial charge in [0.15, 0.2) is 0 Å². The molecule has 1 unspecified atom stereocenters. The third kappa shape index (κ3) is 7.82. The fourth-order valence-electron chi connectivity index (χ4n) is 0.923. The molecule has 0 aromatic rings. The molecule has 68 valence electrons. The fourth-order valence-corrected chi connectivity index (χ4v) is 0.923. The first-order valence-electron chi connectivity index (χ1n) is 4.51. The smallest absolute Gasteiger partial charge is 0.0581 e. The lowest BCUT2D eigenvalue weighted by atomic mass is 10.1. The van der Waals surface area contributed by atoms with Crippen LogP contribution < -0.4 is 5.32 Å². The van der Waals surface area contributed by atoms with Crippen LogP contribution in [-0.2, 0) is 0 Å². The van der Waals surface area contributed by atoms with Crippen molar-refractivity contribution < 1.29 is 5.11 Å². The van der Waals surface area contributed by atoms with E-state index >= 15 is 0 Å². The molecule has 0 radical (unpaired) electrons. The van der Waals surface area contributed by atoms with Gasteiger partial charge in [0, 0.05) is 6.04 Å². The number of aliphatic hydroxyl groups excluding tert-OH is 1. The minimum absolute atomic E-state index is 0.238. The average molecular weight is 159 g/mol. The number of rotatable bonds is 6. The minimum atomic E-state index is 0.238. The van der Waals surface area contributed by atoms with Gasteiger partial charge >= 0.3 is 0 Å². The lowest BCUT2D eigenvalue weighted by Crippen LogP contribution is -2.30. The van der Waals surface area contributed by atoms with Gasteiger partial charge < -0.3 is 10.4 Å². The molecule has 0 aliphatic carbocycles. The largest absolute Gasteiger partial charge is 0.395 e. The molecule has 0 aromatic heterocycles. The zero-order valence-corrected chi connectivity index (χ0v) is 7.93. The van der Waals surface area contributed by atoms with Gasteiger partial charge in [-0.15, -0.1) is 0 Å².